The molecule has 0 atom stereocenters. The van der Waals surface area contributed by atoms with E-state index in [1.54, 1.807) is 0 Å². The van der Waals surface area contributed by atoms with E-state index in [0.29, 0.717) is 0 Å². The summed E-state index contributed by atoms with van der Waals surface area (Å²) in [5.74, 6) is 0.813. The van der Waals surface area contributed by atoms with E-state index in [4.69, 9.17) is 0 Å². The largest absolute Gasteiger partial charge is 0.298 e. The van der Waals surface area contributed by atoms with Crippen LogP contribution < -0.4 is 0 Å². The zero-order valence-electron chi connectivity index (χ0n) is 6.72. The molecule has 0 bridgehead atoms. The lowest BCUT2D eigenvalue weighted by molar-refractivity contribution is 0.606. The van der Waals surface area contributed by atoms with Crippen LogP contribution in [0.3, 0.4) is 0 Å². The van der Waals surface area contributed by atoms with Gasteiger partial charge in [0.25, 0.3) is 0 Å². The van der Waals surface area contributed by atoms with Gasteiger partial charge >= 0.3 is 0 Å². The molecule has 0 heterocycles. The molecule has 0 fully saturated rings. The molecule has 0 spiro atoms. The smallest absolute Gasteiger partial charge is 0.0357 e. The van der Waals surface area contributed by atoms with Crippen LogP contribution in [-0.2, 0) is 0 Å². The average Bonchev–Trinajstić information content (AvgIpc) is 1.80. The van der Waals surface area contributed by atoms with Crippen molar-refractivity contribution < 1.29 is 0 Å². The standard InChI is InChI=1S/C8H17N/c1-4-9-7-5-6-8(2)3/h7-8H,4-6H2,1-3H3. The molecule has 0 aromatic carbocycles. The highest BCUT2D eigenvalue weighted by atomic mass is 14.7. The molecule has 0 aromatic heterocycles. The van der Waals surface area contributed by atoms with Gasteiger partial charge in [0.2, 0.25) is 0 Å². The van der Waals surface area contributed by atoms with Crippen molar-refractivity contribution in [2.45, 2.75) is 33.6 Å². The summed E-state index contributed by atoms with van der Waals surface area (Å²) in [6.45, 7) is 7.46. The Bertz CT molecular complexity index is 74.6. The molecule has 0 unspecified atom stereocenters. The Labute approximate surface area is 58.2 Å². The molecule has 0 aliphatic heterocycles. The fourth-order valence-electron chi connectivity index (χ4n) is 0.628. The second-order valence-electron chi connectivity index (χ2n) is 2.65. The number of nitrogens with zero attached hydrogens (tertiary/aromatic N) is 1. The van der Waals surface area contributed by atoms with Crippen LogP contribution in [0.15, 0.2) is 4.99 Å². The maximum absolute atomic E-state index is 4.12. The monoisotopic (exact) mass is 127 g/mol. The van der Waals surface area contributed by atoms with Crippen molar-refractivity contribution >= 4 is 6.21 Å². The number of aliphatic imine (C=N–C) groups is 1. The molecule has 1 nitrogen and oxygen atoms in total. The normalized spacial score (nSPS) is 11.6. The molecule has 0 radical (unpaired) electrons. The van der Waals surface area contributed by atoms with E-state index in [9.17, 15) is 0 Å². The lowest BCUT2D eigenvalue weighted by atomic mass is 10.1. The van der Waals surface area contributed by atoms with E-state index in [2.05, 4.69) is 25.8 Å². The van der Waals surface area contributed by atoms with E-state index < -0.39 is 0 Å². The van der Waals surface area contributed by atoms with E-state index in [0.717, 1.165) is 18.9 Å². The molecule has 1 heteroatoms. The third-order valence-electron chi connectivity index (χ3n) is 1.18. The second-order valence-corrected chi connectivity index (χ2v) is 2.65. The van der Waals surface area contributed by atoms with Crippen LogP contribution in [-0.4, -0.2) is 12.8 Å². The molecule has 0 saturated heterocycles. The summed E-state index contributed by atoms with van der Waals surface area (Å²) >= 11 is 0. The van der Waals surface area contributed by atoms with Gasteiger partial charge in [-0.2, -0.15) is 0 Å². The first-order valence-corrected chi connectivity index (χ1v) is 3.75. The van der Waals surface area contributed by atoms with Crippen molar-refractivity contribution in [1.29, 1.82) is 0 Å². The Morgan fingerprint density at radius 2 is 2.11 bits per heavy atom. The van der Waals surface area contributed by atoms with Gasteiger partial charge in [-0.15, -0.1) is 0 Å². The zero-order chi connectivity index (χ0) is 7.11. The van der Waals surface area contributed by atoms with Crippen molar-refractivity contribution in [3.63, 3.8) is 0 Å². The van der Waals surface area contributed by atoms with Gasteiger partial charge in [-0.05, 0) is 31.9 Å². The van der Waals surface area contributed by atoms with Gasteiger partial charge in [-0.3, -0.25) is 4.99 Å². The van der Waals surface area contributed by atoms with Crippen molar-refractivity contribution in [2.75, 3.05) is 6.54 Å². The molecule has 54 valence electrons. The van der Waals surface area contributed by atoms with Gasteiger partial charge in [-0.1, -0.05) is 13.8 Å². The Hall–Kier alpha value is -0.330. The fraction of sp³-hybridized carbons (Fsp3) is 0.875. The highest BCUT2D eigenvalue weighted by Gasteiger charge is 1.88. The summed E-state index contributed by atoms with van der Waals surface area (Å²) in [6.07, 6.45) is 4.44. The summed E-state index contributed by atoms with van der Waals surface area (Å²) < 4.78 is 0. The Kier molecular flexibility index (Phi) is 5.59. The first-order valence-electron chi connectivity index (χ1n) is 3.75. The maximum Gasteiger partial charge on any atom is 0.0357 e. The first kappa shape index (κ1) is 8.67. The van der Waals surface area contributed by atoms with Crippen molar-refractivity contribution in [3.05, 3.63) is 0 Å². The summed E-state index contributed by atoms with van der Waals surface area (Å²) in [6, 6.07) is 0. The SMILES string of the molecule is CCN=CCCC(C)C. The summed E-state index contributed by atoms with van der Waals surface area (Å²) in [5.41, 5.74) is 0. The number of rotatable bonds is 4. The van der Waals surface area contributed by atoms with Gasteiger partial charge < -0.3 is 0 Å². The summed E-state index contributed by atoms with van der Waals surface area (Å²) in [5, 5.41) is 0. The van der Waals surface area contributed by atoms with Crippen LogP contribution >= 0.6 is 0 Å². The van der Waals surface area contributed by atoms with Crippen LogP contribution in [0.25, 0.3) is 0 Å². The van der Waals surface area contributed by atoms with Crippen LogP contribution in [0.4, 0.5) is 0 Å². The van der Waals surface area contributed by atoms with E-state index in [-0.39, 0.29) is 0 Å². The lowest BCUT2D eigenvalue weighted by Crippen LogP contribution is -1.87. The lowest BCUT2D eigenvalue weighted by Gasteiger charge is -1.97. The van der Waals surface area contributed by atoms with E-state index in [1.165, 1.54) is 6.42 Å². The predicted octanol–water partition coefficient (Wildman–Crippen LogP) is 2.51. The fourth-order valence-corrected chi connectivity index (χ4v) is 0.628. The van der Waals surface area contributed by atoms with Crippen LogP contribution in [0.2, 0.25) is 0 Å². The van der Waals surface area contributed by atoms with Gasteiger partial charge in [0, 0.05) is 6.54 Å². The Morgan fingerprint density at radius 3 is 2.56 bits per heavy atom. The first-order chi connectivity index (χ1) is 4.27. The minimum absolute atomic E-state index is 0.813. The van der Waals surface area contributed by atoms with Gasteiger partial charge in [0.1, 0.15) is 0 Å². The zero-order valence-corrected chi connectivity index (χ0v) is 6.72. The molecule has 0 N–H and O–H groups in total. The molecule has 0 aliphatic rings. The van der Waals surface area contributed by atoms with E-state index >= 15 is 0 Å². The molecule has 0 saturated carbocycles. The maximum atomic E-state index is 4.12. The Balaban J connectivity index is 2.99. The highest BCUT2D eigenvalue weighted by molar-refractivity contribution is 5.56. The molecule has 9 heavy (non-hydrogen) atoms. The molecular formula is C8H17N. The summed E-state index contributed by atoms with van der Waals surface area (Å²) in [4.78, 5) is 4.12. The topological polar surface area (TPSA) is 12.4 Å². The Morgan fingerprint density at radius 1 is 1.44 bits per heavy atom. The minimum Gasteiger partial charge on any atom is -0.298 e. The molecule has 0 aromatic rings. The van der Waals surface area contributed by atoms with Gasteiger partial charge in [-0.25, -0.2) is 0 Å². The predicted molar refractivity (Wildman–Crippen MR) is 43.1 cm³/mol. The van der Waals surface area contributed by atoms with Gasteiger partial charge in [0.15, 0.2) is 0 Å². The van der Waals surface area contributed by atoms with E-state index in [1.807, 2.05) is 6.21 Å². The van der Waals surface area contributed by atoms with Crippen LogP contribution in [0.5, 0.6) is 0 Å². The molecule has 0 amide bonds. The summed E-state index contributed by atoms with van der Waals surface area (Å²) in [7, 11) is 0. The third-order valence-corrected chi connectivity index (χ3v) is 1.18. The number of hydrogen-bond acceptors (Lipinski definition) is 1. The molecule has 0 aliphatic carbocycles. The quantitative estimate of drug-likeness (QED) is 0.514. The molecular weight excluding hydrogens is 110 g/mol. The minimum atomic E-state index is 0.813. The average molecular weight is 127 g/mol. The second kappa shape index (κ2) is 5.80. The van der Waals surface area contributed by atoms with Crippen LogP contribution in [0, 0.1) is 5.92 Å². The van der Waals surface area contributed by atoms with Crippen LogP contribution in [0.1, 0.15) is 33.6 Å². The van der Waals surface area contributed by atoms with Crippen molar-refractivity contribution in [2.24, 2.45) is 10.9 Å². The van der Waals surface area contributed by atoms with Crippen molar-refractivity contribution in [1.82, 2.24) is 0 Å². The number of hydrogen-bond donors (Lipinski definition) is 0. The molecule has 0 rings (SSSR count). The van der Waals surface area contributed by atoms with Crippen molar-refractivity contribution in [3.8, 4) is 0 Å². The highest BCUT2D eigenvalue weighted by Crippen LogP contribution is 2.00. The van der Waals surface area contributed by atoms with Gasteiger partial charge in [0.05, 0.1) is 0 Å². The third kappa shape index (κ3) is 7.67.